The molecule has 25 heavy (non-hydrogen) atoms. The van der Waals surface area contributed by atoms with Crippen LogP contribution in [0.4, 0.5) is 5.69 Å². The van der Waals surface area contributed by atoms with Gasteiger partial charge in [-0.1, -0.05) is 36.4 Å². The summed E-state index contributed by atoms with van der Waals surface area (Å²) in [6.45, 7) is 7.79. The van der Waals surface area contributed by atoms with Crippen molar-refractivity contribution in [3.05, 3.63) is 65.2 Å². The van der Waals surface area contributed by atoms with Crippen LogP contribution in [-0.2, 0) is 16.0 Å². The van der Waals surface area contributed by atoms with Gasteiger partial charge in [-0.15, -0.1) is 0 Å². The summed E-state index contributed by atoms with van der Waals surface area (Å²) in [7, 11) is 0. The van der Waals surface area contributed by atoms with Gasteiger partial charge in [0.05, 0.1) is 0 Å². The second-order valence-electron chi connectivity index (χ2n) is 6.87. The Balaban J connectivity index is 1.92. The minimum absolute atomic E-state index is 0.273. The molecule has 0 saturated heterocycles. The second kappa shape index (κ2) is 7.97. The van der Waals surface area contributed by atoms with E-state index in [1.807, 2.05) is 62.4 Å². The van der Waals surface area contributed by atoms with E-state index in [1.54, 1.807) is 13.8 Å². The van der Waals surface area contributed by atoms with Crippen LogP contribution in [0.15, 0.2) is 48.5 Å². The van der Waals surface area contributed by atoms with Crippen molar-refractivity contribution in [2.45, 2.75) is 34.1 Å². The van der Waals surface area contributed by atoms with Crippen molar-refractivity contribution in [1.82, 2.24) is 5.32 Å². The lowest BCUT2D eigenvalue weighted by molar-refractivity contribution is -0.138. The molecule has 0 aliphatic carbocycles. The van der Waals surface area contributed by atoms with E-state index >= 15 is 0 Å². The van der Waals surface area contributed by atoms with E-state index in [-0.39, 0.29) is 11.8 Å². The van der Waals surface area contributed by atoms with E-state index in [2.05, 4.69) is 10.6 Å². The van der Waals surface area contributed by atoms with Gasteiger partial charge in [0.2, 0.25) is 11.8 Å². The summed E-state index contributed by atoms with van der Waals surface area (Å²) in [5.74, 6) is -0.585. The van der Waals surface area contributed by atoms with Crippen molar-refractivity contribution in [3.63, 3.8) is 0 Å². The van der Waals surface area contributed by atoms with Crippen LogP contribution in [0.3, 0.4) is 0 Å². The van der Waals surface area contributed by atoms with Crippen molar-refractivity contribution >= 4 is 17.5 Å². The van der Waals surface area contributed by atoms with Gasteiger partial charge in [0.1, 0.15) is 5.41 Å². The van der Waals surface area contributed by atoms with Crippen molar-refractivity contribution in [1.29, 1.82) is 0 Å². The molecule has 0 radical (unpaired) electrons. The van der Waals surface area contributed by atoms with Gasteiger partial charge in [-0.05, 0) is 62.9 Å². The number of carbonyl (C=O) groups excluding carboxylic acids is 2. The van der Waals surface area contributed by atoms with Crippen LogP contribution in [0, 0.1) is 19.3 Å². The number of hydrogen-bond donors (Lipinski definition) is 2. The number of benzene rings is 2. The number of rotatable bonds is 6. The predicted molar refractivity (Wildman–Crippen MR) is 101 cm³/mol. The Labute approximate surface area is 149 Å². The molecule has 0 fully saturated rings. The molecular weight excluding hydrogens is 312 g/mol. The number of aryl methyl sites for hydroxylation is 2. The second-order valence-corrected chi connectivity index (χ2v) is 6.87. The molecule has 4 nitrogen and oxygen atoms in total. The first kappa shape index (κ1) is 18.7. The molecule has 0 aromatic heterocycles. The minimum Gasteiger partial charge on any atom is -0.355 e. The van der Waals surface area contributed by atoms with E-state index in [1.165, 1.54) is 0 Å². The van der Waals surface area contributed by atoms with Gasteiger partial charge in [0.15, 0.2) is 0 Å². The number of anilines is 1. The van der Waals surface area contributed by atoms with Gasteiger partial charge in [0.25, 0.3) is 0 Å². The maximum atomic E-state index is 12.5. The average molecular weight is 338 g/mol. The van der Waals surface area contributed by atoms with Gasteiger partial charge in [0, 0.05) is 12.2 Å². The number of hydrogen-bond acceptors (Lipinski definition) is 2. The molecule has 2 aromatic carbocycles. The first-order chi connectivity index (χ1) is 11.8. The highest BCUT2D eigenvalue weighted by atomic mass is 16.2. The molecule has 0 heterocycles. The lowest BCUT2D eigenvalue weighted by Crippen LogP contribution is -2.45. The molecule has 0 aliphatic rings. The highest BCUT2D eigenvalue weighted by Gasteiger charge is 2.35. The monoisotopic (exact) mass is 338 g/mol. The Morgan fingerprint density at radius 3 is 2.24 bits per heavy atom. The molecule has 2 aromatic rings. The largest absolute Gasteiger partial charge is 0.355 e. The summed E-state index contributed by atoms with van der Waals surface area (Å²) < 4.78 is 0. The summed E-state index contributed by atoms with van der Waals surface area (Å²) in [4.78, 5) is 25.0. The van der Waals surface area contributed by atoms with E-state index < -0.39 is 5.41 Å². The standard InChI is InChI=1S/C21H26N2O2/c1-15-10-11-18(14-16(15)2)23-20(25)21(3,4)19(24)22-13-12-17-8-6-5-7-9-17/h5-11,14H,12-13H2,1-4H3,(H,22,24)(H,23,25). The fourth-order valence-electron chi connectivity index (χ4n) is 2.40. The zero-order valence-electron chi connectivity index (χ0n) is 15.3. The van der Waals surface area contributed by atoms with E-state index in [0.29, 0.717) is 12.2 Å². The molecule has 0 aliphatic heterocycles. The lowest BCUT2D eigenvalue weighted by Gasteiger charge is -2.23. The molecule has 0 spiro atoms. The number of carbonyl (C=O) groups is 2. The Morgan fingerprint density at radius 2 is 1.60 bits per heavy atom. The molecule has 4 heteroatoms. The fourth-order valence-corrected chi connectivity index (χ4v) is 2.40. The molecule has 0 unspecified atom stereocenters. The third-order valence-corrected chi connectivity index (χ3v) is 4.44. The van der Waals surface area contributed by atoms with Crippen LogP contribution >= 0.6 is 0 Å². The van der Waals surface area contributed by atoms with Crippen LogP contribution in [0.2, 0.25) is 0 Å². The summed E-state index contributed by atoms with van der Waals surface area (Å²) >= 11 is 0. The molecule has 0 saturated carbocycles. The highest BCUT2D eigenvalue weighted by Crippen LogP contribution is 2.20. The number of amides is 2. The fraction of sp³-hybridized carbons (Fsp3) is 0.333. The zero-order chi connectivity index (χ0) is 18.4. The maximum absolute atomic E-state index is 12.5. The Morgan fingerprint density at radius 1 is 0.920 bits per heavy atom. The normalized spacial score (nSPS) is 11.0. The van der Waals surface area contributed by atoms with Gasteiger partial charge in [-0.2, -0.15) is 0 Å². The molecular formula is C21H26N2O2. The maximum Gasteiger partial charge on any atom is 0.239 e. The molecule has 132 valence electrons. The van der Waals surface area contributed by atoms with Crippen molar-refractivity contribution in [2.24, 2.45) is 5.41 Å². The van der Waals surface area contributed by atoms with Crippen LogP contribution in [0.25, 0.3) is 0 Å². The quantitative estimate of drug-likeness (QED) is 0.790. The van der Waals surface area contributed by atoms with E-state index in [4.69, 9.17) is 0 Å². The van der Waals surface area contributed by atoms with Crippen LogP contribution in [0.1, 0.15) is 30.5 Å². The van der Waals surface area contributed by atoms with Gasteiger partial charge in [-0.3, -0.25) is 9.59 Å². The summed E-state index contributed by atoms with van der Waals surface area (Å²) in [6, 6.07) is 15.7. The molecule has 0 bridgehead atoms. The topological polar surface area (TPSA) is 58.2 Å². The predicted octanol–water partition coefficient (Wildman–Crippen LogP) is 3.63. The Bertz CT molecular complexity index is 752. The third kappa shape index (κ3) is 4.92. The van der Waals surface area contributed by atoms with E-state index in [9.17, 15) is 9.59 Å². The molecule has 0 atom stereocenters. The van der Waals surface area contributed by atoms with Gasteiger partial charge in [-0.25, -0.2) is 0 Å². The average Bonchev–Trinajstić information content (AvgIpc) is 2.59. The first-order valence-corrected chi connectivity index (χ1v) is 8.51. The summed E-state index contributed by atoms with van der Waals surface area (Å²) in [5.41, 5.74) is 2.98. The third-order valence-electron chi connectivity index (χ3n) is 4.44. The van der Waals surface area contributed by atoms with Crippen LogP contribution in [-0.4, -0.2) is 18.4 Å². The number of nitrogens with one attached hydrogen (secondary N) is 2. The van der Waals surface area contributed by atoms with Crippen molar-refractivity contribution < 1.29 is 9.59 Å². The van der Waals surface area contributed by atoms with Gasteiger partial charge < -0.3 is 10.6 Å². The Hall–Kier alpha value is -2.62. The highest BCUT2D eigenvalue weighted by molar-refractivity contribution is 6.09. The zero-order valence-corrected chi connectivity index (χ0v) is 15.3. The minimum atomic E-state index is -1.14. The Kier molecular flexibility index (Phi) is 5.97. The molecule has 2 rings (SSSR count). The van der Waals surface area contributed by atoms with Crippen molar-refractivity contribution in [3.8, 4) is 0 Å². The lowest BCUT2D eigenvalue weighted by atomic mass is 9.90. The SMILES string of the molecule is Cc1ccc(NC(=O)C(C)(C)C(=O)NCCc2ccccc2)cc1C. The molecule has 2 amide bonds. The summed E-state index contributed by atoms with van der Waals surface area (Å²) in [5, 5.41) is 5.70. The van der Waals surface area contributed by atoms with Gasteiger partial charge >= 0.3 is 0 Å². The van der Waals surface area contributed by atoms with Crippen molar-refractivity contribution in [2.75, 3.05) is 11.9 Å². The smallest absolute Gasteiger partial charge is 0.239 e. The first-order valence-electron chi connectivity index (χ1n) is 8.51. The summed E-state index contributed by atoms with van der Waals surface area (Å²) in [6.07, 6.45) is 0.738. The van der Waals surface area contributed by atoms with E-state index in [0.717, 1.165) is 23.1 Å². The van der Waals surface area contributed by atoms with Crippen LogP contribution in [0.5, 0.6) is 0 Å². The van der Waals surface area contributed by atoms with Crippen LogP contribution < -0.4 is 10.6 Å². The molecule has 2 N–H and O–H groups in total.